The summed E-state index contributed by atoms with van der Waals surface area (Å²) in [6.07, 6.45) is 3.82. The Labute approximate surface area is 202 Å². The van der Waals surface area contributed by atoms with Gasteiger partial charge in [-0.3, -0.25) is 9.69 Å². The summed E-state index contributed by atoms with van der Waals surface area (Å²) in [5.74, 6) is -0.711. The molecule has 7 heteroatoms. The van der Waals surface area contributed by atoms with Gasteiger partial charge in [-0.25, -0.2) is 4.79 Å². The highest BCUT2D eigenvalue weighted by Crippen LogP contribution is 2.38. The van der Waals surface area contributed by atoms with E-state index in [4.69, 9.17) is 16.3 Å². The lowest BCUT2D eigenvalue weighted by molar-refractivity contribution is -0.111. The predicted molar refractivity (Wildman–Crippen MR) is 134 cm³/mol. The van der Waals surface area contributed by atoms with Crippen LogP contribution in [0, 0.1) is 0 Å². The minimum absolute atomic E-state index is 0.281. The van der Waals surface area contributed by atoms with E-state index in [1.165, 1.54) is 23.0 Å². The van der Waals surface area contributed by atoms with Crippen LogP contribution in [0.1, 0.15) is 38.8 Å². The second-order valence-corrected chi connectivity index (χ2v) is 9.23. The lowest BCUT2D eigenvalue weighted by Crippen LogP contribution is -2.29. The molecule has 1 amide bonds. The molecule has 1 aliphatic heterocycles. The lowest BCUT2D eigenvalue weighted by Gasteiger charge is -2.27. The number of benzene rings is 2. The van der Waals surface area contributed by atoms with E-state index in [1.807, 2.05) is 36.4 Å². The fourth-order valence-electron chi connectivity index (χ4n) is 3.87. The first-order chi connectivity index (χ1) is 16.0. The molecule has 170 valence electrons. The first-order valence-electron chi connectivity index (χ1n) is 10.9. The number of ether oxygens (including phenoxy) is 1. The Kier molecular flexibility index (Phi) is 7.60. The van der Waals surface area contributed by atoms with Crippen molar-refractivity contribution in [3.63, 3.8) is 0 Å². The van der Waals surface area contributed by atoms with Gasteiger partial charge in [0.2, 0.25) is 5.91 Å². The molecule has 2 aromatic carbocycles. The summed E-state index contributed by atoms with van der Waals surface area (Å²) < 4.78 is 5.31. The van der Waals surface area contributed by atoms with Crippen molar-refractivity contribution in [1.29, 1.82) is 0 Å². The number of thiophene rings is 1. The summed E-state index contributed by atoms with van der Waals surface area (Å²) in [4.78, 5) is 28.9. The van der Waals surface area contributed by atoms with E-state index < -0.39 is 5.97 Å². The zero-order chi connectivity index (χ0) is 23.2. The number of nitrogens with zero attached hydrogens (tertiary/aromatic N) is 1. The highest BCUT2D eigenvalue weighted by molar-refractivity contribution is 7.17. The lowest BCUT2D eigenvalue weighted by atomic mass is 10.0. The molecule has 0 saturated carbocycles. The maximum Gasteiger partial charge on any atom is 0.341 e. The third kappa shape index (κ3) is 5.71. The van der Waals surface area contributed by atoms with Crippen LogP contribution in [-0.4, -0.2) is 29.9 Å². The van der Waals surface area contributed by atoms with Crippen LogP contribution >= 0.6 is 22.9 Å². The number of anilines is 1. The molecule has 1 N–H and O–H groups in total. The van der Waals surface area contributed by atoms with E-state index in [9.17, 15) is 9.59 Å². The smallest absolute Gasteiger partial charge is 0.341 e. The Morgan fingerprint density at radius 1 is 1.15 bits per heavy atom. The first-order valence-corrected chi connectivity index (χ1v) is 12.1. The van der Waals surface area contributed by atoms with Gasteiger partial charge in [0.15, 0.2) is 0 Å². The average molecular weight is 481 g/mol. The quantitative estimate of drug-likeness (QED) is 0.343. The summed E-state index contributed by atoms with van der Waals surface area (Å²) in [6.45, 7) is 4.47. The average Bonchev–Trinajstić information content (AvgIpc) is 3.16. The molecule has 2 heterocycles. The maximum absolute atomic E-state index is 12.8. The van der Waals surface area contributed by atoms with Crippen molar-refractivity contribution in [2.75, 3.05) is 18.5 Å². The van der Waals surface area contributed by atoms with Gasteiger partial charge >= 0.3 is 5.97 Å². The van der Waals surface area contributed by atoms with Crippen LogP contribution < -0.4 is 5.32 Å². The van der Waals surface area contributed by atoms with Gasteiger partial charge in [-0.1, -0.05) is 60.1 Å². The fraction of sp³-hybridized carbons (Fsp3) is 0.231. The first kappa shape index (κ1) is 23.2. The predicted octanol–water partition coefficient (Wildman–Crippen LogP) is 5.79. The van der Waals surface area contributed by atoms with Crippen LogP contribution in [0.15, 0.2) is 60.7 Å². The molecule has 0 radical (unpaired) electrons. The second kappa shape index (κ2) is 10.8. The molecule has 1 aliphatic rings. The summed E-state index contributed by atoms with van der Waals surface area (Å²) in [7, 11) is 0. The van der Waals surface area contributed by atoms with E-state index in [0.29, 0.717) is 15.6 Å². The van der Waals surface area contributed by atoms with Crippen molar-refractivity contribution in [2.24, 2.45) is 0 Å². The minimum Gasteiger partial charge on any atom is -0.462 e. The molecule has 3 aromatic rings. The number of halogens is 1. The van der Waals surface area contributed by atoms with Crippen LogP contribution in [0.4, 0.5) is 5.00 Å². The van der Waals surface area contributed by atoms with Crippen LogP contribution in [-0.2, 0) is 29.0 Å². The molecule has 0 aliphatic carbocycles. The molecule has 1 aromatic heterocycles. The third-order valence-corrected chi connectivity index (χ3v) is 6.90. The highest BCUT2D eigenvalue weighted by atomic mass is 35.5. The molecule has 0 spiro atoms. The zero-order valence-corrected chi connectivity index (χ0v) is 19.9. The number of amides is 1. The number of hydrogen-bond donors (Lipinski definition) is 1. The van der Waals surface area contributed by atoms with E-state index in [1.54, 1.807) is 19.1 Å². The maximum atomic E-state index is 12.8. The highest BCUT2D eigenvalue weighted by Gasteiger charge is 2.29. The molecule has 0 unspecified atom stereocenters. The SMILES string of the molecule is CCOC(=O)c1c(NC(=O)/C=C\c2ccccc2Cl)sc2c1CCN(Cc1ccccc1)C2. The number of rotatable bonds is 7. The summed E-state index contributed by atoms with van der Waals surface area (Å²) in [6, 6.07) is 17.6. The molecule has 5 nitrogen and oxygen atoms in total. The molecule has 0 atom stereocenters. The van der Waals surface area contributed by atoms with Gasteiger partial charge in [-0.2, -0.15) is 0 Å². The minimum atomic E-state index is -0.392. The van der Waals surface area contributed by atoms with Crippen LogP contribution in [0.2, 0.25) is 5.02 Å². The van der Waals surface area contributed by atoms with Crippen LogP contribution in [0.5, 0.6) is 0 Å². The van der Waals surface area contributed by atoms with Gasteiger partial charge in [-0.05, 0) is 42.2 Å². The van der Waals surface area contributed by atoms with Crippen molar-refractivity contribution in [3.05, 3.63) is 92.8 Å². The second-order valence-electron chi connectivity index (χ2n) is 7.72. The number of nitrogens with one attached hydrogen (secondary N) is 1. The Morgan fingerprint density at radius 3 is 2.67 bits per heavy atom. The molecular formula is C26H25ClN2O3S. The van der Waals surface area contributed by atoms with Gasteiger partial charge in [0.25, 0.3) is 0 Å². The molecule has 0 fully saturated rings. The van der Waals surface area contributed by atoms with Gasteiger partial charge in [-0.15, -0.1) is 11.3 Å². The number of carbonyl (C=O) groups is 2. The largest absolute Gasteiger partial charge is 0.462 e. The van der Waals surface area contributed by atoms with Crippen molar-refractivity contribution in [3.8, 4) is 0 Å². The molecule has 0 bridgehead atoms. The Balaban J connectivity index is 1.54. The van der Waals surface area contributed by atoms with Gasteiger partial charge in [0.1, 0.15) is 5.00 Å². The van der Waals surface area contributed by atoms with Crippen LogP contribution in [0.25, 0.3) is 6.08 Å². The third-order valence-electron chi connectivity index (χ3n) is 5.42. The Bertz CT molecular complexity index is 1170. The molecule has 4 rings (SSSR count). The van der Waals surface area contributed by atoms with E-state index in [0.717, 1.165) is 42.1 Å². The molecule has 0 saturated heterocycles. The topological polar surface area (TPSA) is 58.6 Å². The van der Waals surface area contributed by atoms with E-state index in [-0.39, 0.29) is 12.5 Å². The number of carbonyl (C=O) groups excluding carboxylic acids is 2. The van der Waals surface area contributed by atoms with Gasteiger partial charge < -0.3 is 10.1 Å². The standard InChI is InChI=1S/C26H25ClN2O3S/c1-2-32-26(31)24-20-14-15-29(16-18-8-4-3-5-9-18)17-22(20)33-25(24)28-23(30)13-12-19-10-6-7-11-21(19)27/h3-13H,2,14-17H2,1H3,(H,28,30)/b13-12-. The van der Waals surface area contributed by atoms with E-state index >= 15 is 0 Å². The monoisotopic (exact) mass is 480 g/mol. The van der Waals surface area contributed by atoms with E-state index in [2.05, 4.69) is 22.3 Å². The Morgan fingerprint density at radius 2 is 1.91 bits per heavy atom. The zero-order valence-electron chi connectivity index (χ0n) is 18.3. The number of hydrogen-bond acceptors (Lipinski definition) is 5. The van der Waals surface area contributed by atoms with Crippen molar-refractivity contribution >= 4 is 45.9 Å². The normalized spacial score (nSPS) is 13.6. The summed E-state index contributed by atoms with van der Waals surface area (Å²) in [5, 5.41) is 4.00. The summed E-state index contributed by atoms with van der Waals surface area (Å²) >= 11 is 7.61. The van der Waals surface area contributed by atoms with Gasteiger partial charge in [0, 0.05) is 35.6 Å². The van der Waals surface area contributed by atoms with Crippen molar-refractivity contribution in [1.82, 2.24) is 4.90 Å². The molecule has 33 heavy (non-hydrogen) atoms. The van der Waals surface area contributed by atoms with Crippen molar-refractivity contribution in [2.45, 2.75) is 26.4 Å². The van der Waals surface area contributed by atoms with Crippen molar-refractivity contribution < 1.29 is 14.3 Å². The number of fused-ring (bicyclic) bond motifs is 1. The Hall–Kier alpha value is -2.93. The van der Waals surface area contributed by atoms with Crippen LogP contribution in [0.3, 0.4) is 0 Å². The fourth-order valence-corrected chi connectivity index (χ4v) is 5.35. The summed E-state index contributed by atoms with van der Waals surface area (Å²) in [5.41, 5.74) is 3.46. The van der Waals surface area contributed by atoms with Gasteiger partial charge in [0.05, 0.1) is 12.2 Å². The number of esters is 1. The molecular weight excluding hydrogens is 456 g/mol.